The van der Waals surface area contributed by atoms with E-state index < -0.39 is 0 Å². The van der Waals surface area contributed by atoms with E-state index in [1.54, 1.807) is 7.11 Å². The second-order valence-electron chi connectivity index (χ2n) is 5.01. The lowest BCUT2D eigenvalue weighted by Gasteiger charge is -2.22. The maximum absolute atomic E-state index is 5.81. The van der Waals surface area contributed by atoms with Crippen molar-refractivity contribution in [1.29, 1.82) is 0 Å². The van der Waals surface area contributed by atoms with Crippen LogP contribution in [0.1, 0.15) is 24.6 Å². The maximum Gasteiger partial charge on any atom is 0.142 e. The molecule has 2 rings (SSSR count). The van der Waals surface area contributed by atoms with E-state index >= 15 is 0 Å². The van der Waals surface area contributed by atoms with E-state index in [4.69, 9.17) is 15.5 Å². The molecule has 4 heteroatoms. The lowest BCUT2D eigenvalue weighted by atomic mass is 10.1. The van der Waals surface area contributed by atoms with Crippen molar-refractivity contribution in [2.45, 2.75) is 26.3 Å². The van der Waals surface area contributed by atoms with Crippen LogP contribution in [0.5, 0.6) is 5.75 Å². The van der Waals surface area contributed by atoms with Crippen molar-refractivity contribution in [2.24, 2.45) is 5.73 Å². The number of benzene rings is 1. The Labute approximate surface area is 126 Å². The topological polar surface area (TPSA) is 51.4 Å². The molecule has 1 heterocycles. The molecule has 21 heavy (non-hydrogen) atoms. The molecule has 0 aliphatic heterocycles. The third-order valence-corrected chi connectivity index (χ3v) is 3.46. The highest BCUT2D eigenvalue weighted by atomic mass is 16.5. The Morgan fingerprint density at radius 3 is 2.67 bits per heavy atom. The van der Waals surface area contributed by atoms with Crippen LogP contribution in [0.15, 0.2) is 36.4 Å². The van der Waals surface area contributed by atoms with Gasteiger partial charge in [0.15, 0.2) is 0 Å². The van der Waals surface area contributed by atoms with Gasteiger partial charge in [0.05, 0.1) is 12.8 Å². The van der Waals surface area contributed by atoms with E-state index in [1.807, 2.05) is 42.3 Å². The fraction of sp³-hybridized carbons (Fsp3) is 0.353. The molecule has 2 N–H and O–H groups in total. The summed E-state index contributed by atoms with van der Waals surface area (Å²) < 4.78 is 5.43. The van der Waals surface area contributed by atoms with E-state index in [2.05, 4.69) is 13.0 Å². The van der Waals surface area contributed by atoms with Gasteiger partial charge in [0.25, 0.3) is 0 Å². The third-order valence-electron chi connectivity index (χ3n) is 3.46. The number of anilines is 2. The molecule has 0 amide bonds. The standard InChI is InChI=1S/C17H23N3O/c1-4-7-14-10-13(12-18)11-17(19-14)20(2)15-8-5-6-9-16(15)21-3/h5-6,8-11H,4,7,12,18H2,1-3H3. The predicted molar refractivity (Wildman–Crippen MR) is 87.2 cm³/mol. The largest absolute Gasteiger partial charge is 0.495 e. The number of hydrogen-bond donors (Lipinski definition) is 1. The molecule has 4 nitrogen and oxygen atoms in total. The average Bonchev–Trinajstić information content (AvgIpc) is 2.54. The summed E-state index contributed by atoms with van der Waals surface area (Å²) in [5, 5.41) is 0. The Morgan fingerprint density at radius 2 is 2.00 bits per heavy atom. The number of para-hydroxylation sites is 2. The summed E-state index contributed by atoms with van der Waals surface area (Å²) in [6.07, 6.45) is 2.03. The van der Waals surface area contributed by atoms with Crippen LogP contribution in [0.4, 0.5) is 11.5 Å². The van der Waals surface area contributed by atoms with E-state index in [0.717, 1.165) is 41.4 Å². The van der Waals surface area contributed by atoms with Crippen molar-refractivity contribution in [3.63, 3.8) is 0 Å². The van der Waals surface area contributed by atoms with Crippen molar-refractivity contribution in [2.75, 3.05) is 19.1 Å². The van der Waals surface area contributed by atoms with E-state index in [1.165, 1.54) is 0 Å². The highest BCUT2D eigenvalue weighted by Crippen LogP contribution is 2.31. The van der Waals surface area contributed by atoms with Gasteiger partial charge in [-0.15, -0.1) is 0 Å². The number of nitrogens with zero attached hydrogens (tertiary/aromatic N) is 2. The van der Waals surface area contributed by atoms with Crippen LogP contribution in [0, 0.1) is 0 Å². The van der Waals surface area contributed by atoms with Crippen molar-refractivity contribution >= 4 is 11.5 Å². The van der Waals surface area contributed by atoms with Gasteiger partial charge >= 0.3 is 0 Å². The summed E-state index contributed by atoms with van der Waals surface area (Å²) in [7, 11) is 3.68. The molecule has 0 unspecified atom stereocenters. The van der Waals surface area contributed by atoms with Crippen LogP contribution >= 0.6 is 0 Å². The van der Waals surface area contributed by atoms with Gasteiger partial charge in [-0.05, 0) is 36.2 Å². The lowest BCUT2D eigenvalue weighted by Crippen LogP contribution is -2.14. The van der Waals surface area contributed by atoms with E-state index in [-0.39, 0.29) is 0 Å². The summed E-state index contributed by atoms with van der Waals surface area (Å²) in [4.78, 5) is 6.78. The summed E-state index contributed by atoms with van der Waals surface area (Å²) in [5.74, 6) is 1.72. The van der Waals surface area contributed by atoms with Crippen molar-refractivity contribution in [1.82, 2.24) is 4.98 Å². The first-order valence-corrected chi connectivity index (χ1v) is 7.26. The van der Waals surface area contributed by atoms with Crippen LogP contribution in [-0.4, -0.2) is 19.1 Å². The van der Waals surface area contributed by atoms with Gasteiger partial charge in [-0.3, -0.25) is 0 Å². The second kappa shape index (κ2) is 7.09. The zero-order valence-electron chi connectivity index (χ0n) is 13.0. The summed E-state index contributed by atoms with van der Waals surface area (Å²) in [6, 6.07) is 12.0. The van der Waals surface area contributed by atoms with Crippen LogP contribution < -0.4 is 15.4 Å². The first-order chi connectivity index (χ1) is 10.2. The SMILES string of the molecule is CCCc1cc(CN)cc(N(C)c2ccccc2OC)n1. The Balaban J connectivity index is 2.42. The second-order valence-corrected chi connectivity index (χ2v) is 5.01. The monoisotopic (exact) mass is 285 g/mol. The zero-order chi connectivity index (χ0) is 15.2. The Hall–Kier alpha value is -2.07. The zero-order valence-corrected chi connectivity index (χ0v) is 13.0. The highest BCUT2D eigenvalue weighted by Gasteiger charge is 2.12. The molecule has 0 aliphatic carbocycles. The van der Waals surface area contributed by atoms with Gasteiger partial charge in [-0.25, -0.2) is 4.98 Å². The fourth-order valence-corrected chi connectivity index (χ4v) is 2.34. The van der Waals surface area contributed by atoms with Crippen LogP contribution in [0.2, 0.25) is 0 Å². The summed E-state index contributed by atoms with van der Waals surface area (Å²) in [5.41, 5.74) is 8.98. The van der Waals surface area contributed by atoms with E-state index in [9.17, 15) is 0 Å². The molecule has 0 bridgehead atoms. The number of pyridine rings is 1. The molecule has 0 fully saturated rings. The van der Waals surface area contributed by atoms with Gasteiger partial charge in [0.1, 0.15) is 11.6 Å². The van der Waals surface area contributed by atoms with Crippen LogP contribution in [0.3, 0.4) is 0 Å². The molecule has 0 saturated carbocycles. The molecule has 112 valence electrons. The third kappa shape index (κ3) is 3.52. The molecule has 1 aromatic heterocycles. The molecule has 0 radical (unpaired) electrons. The Morgan fingerprint density at radius 1 is 1.24 bits per heavy atom. The maximum atomic E-state index is 5.81. The molecule has 2 aromatic rings. The van der Waals surface area contributed by atoms with Gasteiger partial charge in [-0.1, -0.05) is 25.5 Å². The number of nitrogens with two attached hydrogens (primary N) is 1. The molecular weight excluding hydrogens is 262 g/mol. The number of ether oxygens (including phenoxy) is 1. The van der Waals surface area contributed by atoms with Crippen molar-refractivity contribution < 1.29 is 4.74 Å². The minimum absolute atomic E-state index is 0.520. The number of aryl methyl sites for hydroxylation is 1. The smallest absolute Gasteiger partial charge is 0.142 e. The fourth-order valence-electron chi connectivity index (χ4n) is 2.34. The lowest BCUT2D eigenvalue weighted by molar-refractivity contribution is 0.415. The predicted octanol–water partition coefficient (Wildman–Crippen LogP) is 3.27. The first-order valence-electron chi connectivity index (χ1n) is 7.26. The van der Waals surface area contributed by atoms with Crippen molar-refractivity contribution in [3.8, 4) is 5.75 Å². The Bertz CT molecular complexity index is 598. The summed E-state index contributed by atoms with van der Waals surface area (Å²) in [6.45, 7) is 2.67. The molecule has 0 spiro atoms. The van der Waals surface area contributed by atoms with Crippen molar-refractivity contribution in [3.05, 3.63) is 47.7 Å². The number of hydrogen-bond acceptors (Lipinski definition) is 4. The molecule has 1 aromatic carbocycles. The quantitative estimate of drug-likeness (QED) is 0.885. The normalized spacial score (nSPS) is 10.5. The van der Waals surface area contributed by atoms with Gasteiger partial charge in [0, 0.05) is 19.3 Å². The number of rotatable bonds is 6. The van der Waals surface area contributed by atoms with Gasteiger partial charge in [0.2, 0.25) is 0 Å². The highest BCUT2D eigenvalue weighted by molar-refractivity contribution is 5.66. The molecule has 0 saturated heterocycles. The average molecular weight is 285 g/mol. The molecular formula is C17H23N3O. The Kier molecular flexibility index (Phi) is 5.17. The van der Waals surface area contributed by atoms with Gasteiger partial charge < -0.3 is 15.4 Å². The van der Waals surface area contributed by atoms with Crippen LogP contribution in [-0.2, 0) is 13.0 Å². The molecule has 0 aliphatic rings. The van der Waals surface area contributed by atoms with Gasteiger partial charge in [-0.2, -0.15) is 0 Å². The minimum atomic E-state index is 0.520. The summed E-state index contributed by atoms with van der Waals surface area (Å²) >= 11 is 0. The minimum Gasteiger partial charge on any atom is -0.495 e. The number of methoxy groups -OCH3 is 1. The van der Waals surface area contributed by atoms with E-state index in [0.29, 0.717) is 6.54 Å². The number of aromatic nitrogens is 1. The molecule has 0 atom stereocenters. The first kappa shape index (κ1) is 15.3. The van der Waals surface area contributed by atoms with Crippen LogP contribution in [0.25, 0.3) is 0 Å².